The summed E-state index contributed by atoms with van der Waals surface area (Å²) in [6.45, 7) is 0. The van der Waals surface area contributed by atoms with Crippen molar-refractivity contribution in [1.82, 2.24) is 5.32 Å². The van der Waals surface area contributed by atoms with Crippen LogP contribution >= 0.6 is 0 Å². The fourth-order valence-electron chi connectivity index (χ4n) is 1.30. The first-order valence-electron chi connectivity index (χ1n) is 3.95. The molecule has 4 nitrogen and oxygen atoms in total. The second kappa shape index (κ2) is 2.90. The van der Waals surface area contributed by atoms with Gasteiger partial charge in [-0.1, -0.05) is 18.2 Å². The van der Waals surface area contributed by atoms with Crippen molar-refractivity contribution in [2.45, 2.75) is 6.04 Å². The number of carbonyl (C=O) groups is 1. The Bertz CT molecular complexity index is 373. The molecule has 1 unspecified atom stereocenters. The number of rotatable bonds is 1. The van der Waals surface area contributed by atoms with Crippen molar-refractivity contribution in [2.24, 2.45) is 4.99 Å². The van der Waals surface area contributed by atoms with Gasteiger partial charge < -0.3 is 11.1 Å². The number of aliphatic imine (C=N–C) groups is 1. The number of hydrogen-bond donors (Lipinski definition) is 2. The fourth-order valence-corrected chi connectivity index (χ4v) is 1.30. The van der Waals surface area contributed by atoms with Crippen LogP contribution in [0.5, 0.6) is 0 Å². The molecule has 1 aliphatic heterocycles. The first kappa shape index (κ1) is 7.79. The van der Waals surface area contributed by atoms with E-state index in [-0.39, 0.29) is 5.91 Å². The molecular formula is C9H9N3O. The number of para-hydroxylation sites is 1. The third-order valence-corrected chi connectivity index (χ3v) is 1.97. The second-order valence-electron chi connectivity index (χ2n) is 2.82. The van der Waals surface area contributed by atoms with Gasteiger partial charge in [0.1, 0.15) is 0 Å². The lowest BCUT2D eigenvalue weighted by molar-refractivity contribution is -0.120. The summed E-state index contributed by atoms with van der Waals surface area (Å²) in [4.78, 5) is 15.2. The fraction of sp³-hybridized carbons (Fsp3) is 0.111. The normalized spacial score (nSPS) is 20.3. The number of amides is 1. The standard InChI is InChI=1S/C9H9N3O/c10-7-4-2-1-3-6(7)8-9(13)12-5-11-8/h1-5,8H,10H2,(H,11,12,13). The van der Waals surface area contributed by atoms with Gasteiger partial charge in [0.2, 0.25) is 0 Å². The summed E-state index contributed by atoms with van der Waals surface area (Å²) in [6.07, 6.45) is 1.40. The number of nitrogens with one attached hydrogen (secondary N) is 1. The number of hydrogen-bond acceptors (Lipinski definition) is 3. The first-order chi connectivity index (χ1) is 6.29. The minimum absolute atomic E-state index is 0.127. The first-order valence-corrected chi connectivity index (χ1v) is 3.95. The molecular weight excluding hydrogens is 166 g/mol. The van der Waals surface area contributed by atoms with Crippen LogP contribution in [0.15, 0.2) is 29.3 Å². The van der Waals surface area contributed by atoms with E-state index in [1.807, 2.05) is 18.2 Å². The summed E-state index contributed by atoms with van der Waals surface area (Å²) in [6, 6.07) is 6.77. The summed E-state index contributed by atoms with van der Waals surface area (Å²) in [5.41, 5.74) is 7.07. The van der Waals surface area contributed by atoms with Crippen LogP contribution in [0.25, 0.3) is 0 Å². The maximum atomic E-state index is 11.2. The molecule has 1 amide bonds. The van der Waals surface area contributed by atoms with Crippen molar-refractivity contribution >= 4 is 17.9 Å². The molecule has 1 atom stereocenters. The van der Waals surface area contributed by atoms with E-state index >= 15 is 0 Å². The van der Waals surface area contributed by atoms with E-state index in [1.165, 1.54) is 6.34 Å². The highest BCUT2D eigenvalue weighted by molar-refractivity contribution is 5.97. The Morgan fingerprint density at radius 2 is 2.15 bits per heavy atom. The molecule has 0 bridgehead atoms. The molecule has 4 heteroatoms. The third kappa shape index (κ3) is 1.26. The quantitative estimate of drug-likeness (QED) is 0.609. The number of nitrogens with zero attached hydrogens (tertiary/aromatic N) is 1. The molecule has 1 aliphatic rings. The molecule has 0 spiro atoms. The Hall–Kier alpha value is -1.84. The largest absolute Gasteiger partial charge is 0.398 e. The van der Waals surface area contributed by atoms with E-state index < -0.39 is 6.04 Å². The van der Waals surface area contributed by atoms with Crippen molar-refractivity contribution < 1.29 is 4.79 Å². The minimum Gasteiger partial charge on any atom is -0.398 e. The Labute approximate surface area is 75.5 Å². The highest BCUT2D eigenvalue weighted by Gasteiger charge is 2.23. The predicted octanol–water partition coefficient (Wildman–Crippen LogP) is 0.468. The molecule has 0 radical (unpaired) electrons. The average Bonchev–Trinajstić information content (AvgIpc) is 2.52. The summed E-state index contributed by atoms with van der Waals surface area (Å²) in [5.74, 6) is -0.127. The lowest BCUT2D eigenvalue weighted by atomic mass is 10.1. The number of nitrogens with two attached hydrogens (primary N) is 1. The Kier molecular flexibility index (Phi) is 1.73. The van der Waals surface area contributed by atoms with Gasteiger partial charge >= 0.3 is 0 Å². The van der Waals surface area contributed by atoms with E-state index in [0.717, 1.165) is 5.56 Å². The molecule has 1 heterocycles. The molecule has 0 aromatic heterocycles. The van der Waals surface area contributed by atoms with Gasteiger partial charge in [-0.2, -0.15) is 0 Å². The number of nitrogen functional groups attached to an aromatic ring is 1. The van der Waals surface area contributed by atoms with Crippen molar-refractivity contribution in [1.29, 1.82) is 0 Å². The van der Waals surface area contributed by atoms with Gasteiger partial charge in [-0.3, -0.25) is 9.79 Å². The van der Waals surface area contributed by atoms with Crippen LogP contribution < -0.4 is 11.1 Å². The maximum Gasteiger partial charge on any atom is 0.254 e. The van der Waals surface area contributed by atoms with Crippen LogP contribution in [0.3, 0.4) is 0 Å². The number of carbonyl (C=O) groups excluding carboxylic acids is 1. The van der Waals surface area contributed by atoms with Gasteiger partial charge in [-0.25, -0.2) is 0 Å². The highest BCUT2D eigenvalue weighted by Crippen LogP contribution is 2.24. The third-order valence-electron chi connectivity index (χ3n) is 1.97. The van der Waals surface area contributed by atoms with E-state index in [1.54, 1.807) is 6.07 Å². The summed E-state index contributed by atoms with van der Waals surface area (Å²) in [7, 11) is 0. The van der Waals surface area contributed by atoms with Crippen molar-refractivity contribution in [3.8, 4) is 0 Å². The lowest BCUT2D eigenvalue weighted by Crippen LogP contribution is -2.20. The van der Waals surface area contributed by atoms with Crippen molar-refractivity contribution in [3.63, 3.8) is 0 Å². The van der Waals surface area contributed by atoms with Crippen molar-refractivity contribution in [2.75, 3.05) is 5.73 Å². The smallest absolute Gasteiger partial charge is 0.254 e. The van der Waals surface area contributed by atoms with Crippen LogP contribution in [0.2, 0.25) is 0 Å². The van der Waals surface area contributed by atoms with Gasteiger partial charge in [0.05, 0.1) is 6.34 Å². The van der Waals surface area contributed by atoms with E-state index in [9.17, 15) is 4.79 Å². The monoisotopic (exact) mass is 175 g/mol. The zero-order valence-corrected chi connectivity index (χ0v) is 6.90. The molecule has 1 aromatic rings. The van der Waals surface area contributed by atoms with E-state index in [0.29, 0.717) is 5.69 Å². The molecule has 66 valence electrons. The summed E-state index contributed by atoms with van der Waals surface area (Å²) in [5, 5.41) is 2.51. The Balaban J connectivity index is 2.40. The molecule has 0 fully saturated rings. The molecule has 1 aromatic carbocycles. The SMILES string of the molecule is Nc1ccccc1C1N=CNC1=O. The van der Waals surface area contributed by atoms with Gasteiger partial charge in [-0.15, -0.1) is 0 Å². The van der Waals surface area contributed by atoms with Crippen LogP contribution in [-0.4, -0.2) is 12.2 Å². The average molecular weight is 175 g/mol. The van der Waals surface area contributed by atoms with Gasteiger partial charge in [0.25, 0.3) is 5.91 Å². The maximum absolute atomic E-state index is 11.2. The lowest BCUT2D eigenvalue weighted by Gasteiger charge is -2.07. The van der Waals surface area contributed by atoms with Crippen LogP contribution in [0.4, 0.5) is 5.69 Å². The van der Waals surface area contributed by atoms with Crippen LogP contribution in [0, 0.1) is 0 Å². The summed E-state index contributed by atoms with van der Waals surface area (Å²) >= 11 is 0. The van der Waals surface area contributed by atoms with E-state index in [2.05, 4.69) is 10.3 Å². The van der Waals surface area contributed by atoms with E-state index in [4.69, 9.17) is 5.73 Å². The zero-order chi connectivity index (χ0) is 9.26. The van der Waals surface area contributed by atoms with Gasteiger partial charge in [-0.05, 0) is 6.07 Å². The molecule has 0 saturated carbocycles. The topological polar surface area (TPSA) is 67.5 Å². The van der Waals surface area contributed by atoms with Crippen LogP contribution in [-0.2, 0) is 4.79 Å². The molecule has 3 N–H and O–H groups in total. The molecule has 0 aliphatic carbocycles. The predicted molar refractivity (Wildman–Crippen MR) is 50.2 cm³/mol. The van der Waals surface area contributed by atoms with Crippen LogP contribution in [0.1, 0.15) is 11.6 Å². The molecule has 13 heavy (non-hydrogen) atoms. The molecule has 0 saturated heterocycles. The highest BCUT2D eigenvalue weighted by atomic mass is 16.2. The zero-order valence-electron chi connectivity index (χ0n) is 6.90. The number of anilines is 1. The molecule has 2 rings (SSSR count). The Morgan fingerprint density at radius 1 is 1.38 bits per heavy atom. The van der Waals surface area contributed by atoms with Gasteiger partial charge in [0.15, 0.2) is 6.04 Å². The Morgan fingerprint density at radius 3 is 2.77 bits per heavy atom. The van der Waals surface area contributed by atoms with Gasteiger partial charge in [0, 0.05) is 11.3 Å². The second-order valence-corrected chi connectivity index (χ2v) is 2.82. The number of benzene rings is 1. The summed E-state index contributed by atoms with van der Waals surface area (Å²) < 4.78 is 0. The van der Waals surface area contributed by atoms with Crippen molar-refractivity contribution in [3.05, 3.63) is 29.8 Å². The minimum atomic E-state index is -0.471.